The average Bonchev–Trinajstić information content (AvgIpc) is 3.02. The molecule has 3 atom stereocenters. The SMILES string of the molecule is C#CC1CC(CC)OC1N(C=O)/C=C\C(=O)NC.CC.CO. The zero-order valence-electron chi connectivity index (χ0n) is 14.1. The van der Waals surface area contributed by atoms with Gasteiger partial charge >= 0.3 is 0 Å². The summed E-state index contributed by atoms with van der Waals surface area (Å²) in [6.07, 6.45) is 9.87. The van der Waals surface area contributed by atoms with Gasteiger partial charge in [0.2, 0.25) is 12.3 Å². The second-order valence-corrected chi connectivity index (χ2v) is 4.05. The fourth-order valence-corrected chi connectivity index (χ4v) is 1.86. The molecule has 0 aromatic carbocycles. The number of amides is 2. The van der Waals surface area contributed by atoms with E-state index in [1.165, 1.54) is 24.2 Å². The van der Waals surface area contributed by atoms with E-state index in [0.29, 0.717) is 6.41 Å². The number of carbonyl (C=O) groups is 2. The summed E-state index contributed by atoms with van der Waals surface area (Å²) in [5.74, 6) is 2.20. The van der Waals surface area contributed by atoms with E-state index >= 15 is 0 Å². The fourth-order valence-electron chi connectivity index (χ4n) is 1.86. The quantitative estimate of drug-likeness (QED) is 0.453. The molecule has 22 heavy (non-hydrogen) atoms. The number of ether oxygens (including phenoxy) is 1. The lowest BCUT2D eigenvalue weighted by atomic mass is 10.0. The Bertz CT molecular complexity index is 377. The van der Waals surface area contributed by atoms with Gasteiger partial charge in [-0.1, -0.05) is 26.7 Å². The molecular weight excluding hydrogens is 284 g/mol. The highest BCUT2D eigenvalue weighted by Gasteiger charge is 2.36. The maximum atomic E-state index is 11.1. The molecule has 6 nitrogen and oxygen atoms in total. The Labute approximate surface area is 133 Å². The van der Waals surface area contributed by atoms with Crippen LogP contribution in [0.5, 0.6) is 0 Å². The summed E-state index contributed by atoms with van der Waals surface area (Å²) < 4.78 is 5.70. The molecule has 1 aliphatic rings. The highest BCUT2D eigenvalue weighted by atomic mass is 16.5. The first-order valence-electron chi connectivity index (χ1n) is 7.35. The van der Waals surface area contributed by atoms with Crippen molar-refractivity contribution in [3.63, 3.8) is 0 Å². The van der Waals surface area contributed by atoms with E-state index in [2.05, 4.69) is 11.2 Å². The number of hydrogen-bond acceptors (Lipinski definition) is 4. The number of terminal acetylenes is 1. The number of nitrogens with one attached hydrogen (secondary N) is 1. The van der Waals surface area contributed by atoms with Gasteiger partial charge in [-0.2, -0.15) is 0 Å². The van der Waals surface area contributed by atoms with E-state index in [1.807, 2.05) is 20.8 Å². The van der Waals surface area contributed by atoms with Crippen LogP contribution in [-0.2, 0) is 14.3 Å². The van der Waals surface area contributed by atoms with Crippen molar-refractivity contribution in [1.29, 1.82) is 0 Å². The molecule has 3 unspecified atom stereocenters. The van der Waals surface area contributed by atoms with Gasteiger partial charge in [0.1, 0.15) is 6.23 Å². The van der Waals surface area contributed by atoms with E-state index < -0.39 is 6.23 Å². The van der Waals surface area contributed by atoms with Gasteiger partial charge in [0.15, 0.2) is 0 Å². The summed E-state index contributed by atoms with van der Waals surface area (Å²) >= 11 is 0. The summed E-state index contributed by atoms with van der Waals surface area (Å²) in [4.78, 5) is 23.4. The van der Waals surface area contributed by atoms with E-state index in [0.717, 1.165) is 20.0 Å². The van der Waals surface area contributed by atoms with Crippen LogP contribution < -0.4 is 5.32 Å². The summed E-state index contributed by atoms with van der Waals surface area (Å²) in [7, 11) is 2.52. The van der Waals surface area contributed by atoms with Gasteiger partial charge in [0.05, 0.1) is 12.0 Å². The standard InChI is InChI=1S/C13H18N2O3.C2H6.CH4O/c1-4-10-8-11(5-2)18-13(10)15(9-16)7-6-12(17)14-3;2*1-2/h1,6-7,9-11,13H,5,8H2,2-3H3,(H,14,17);1-2H3;2H,1H3/b7-6-;;. The van der Waals surface area contributed by atoms with Crippen LogP contribution in [0.3, 0.4) is 0 Å². The van der Waals surface area contributed by atoms with Crippen molar-refractivity contribution in [1.82, 2.24) is 10.2 Å². The lowest BCUT2D eigenvalue weighted by molar-refractivity contribution is -0.127. The molecule has 126 valence electrons. The third kappa shape index (κ3) is 7.25. The van der Waals surface area contributed by atoms with Gasteiger partial charge in [0, 0.05) is 26.4 Å². The first kappa shape index (κ1) is 22.4. The van der Waals surface area contributed by atoms with Crippen molar-refractivity contribution in [3.05, 3.63) is 12.3 Å². The monoisotopic (exact) mass is 312 g/mol. The molecule has 2 N–H and O–H groups in total. The van der Waals surface area contributed by atoms with Crippen LogP contribution in [0.4, 0.5) is 0 Å². The van der Waals surface area contributed by atoms with Gasteiger partial charge in [-0.05, 0) is 12.8 Å². The molecule has 6 heteroatoms. The van der Waals surface area contributed by atoms with Crippen molar-refractivity contribution < 1.29 is 19.4 Å². The summed E-state index contributed by atoms with van der Waals surface area (Å²) in [5.41, 5.74) is 0. The number of aliphatic hydroxyl groups is 1. The zero-order valence-corrected chi connectivity index (χ0v) is 14.1. The minimum absolute atomic E-state index is 0.0619. The molecule has 0 aromatic heterocycles. The van der Waals surface area contributed by atoms with Crippen LogP contribution in [0.15, 0.2) is 12.3 Å². The lowest BCUT2D eigenvalue weighted by Gasteiger charge is -2.23. The maximum absolute atomic E-state index is 11.1. The second kappa shape index (κ2) is 14.1. The second-order valence-electron chi connectivity index (χ2n) is 4.05. The number of nitrogens with zero attached hydrogens (tertiary/aromatic N) is 1. The zero-order chi connectivity index (χ0) is 17.5. The summed E-state index contributed by atoms with van der Waals surface area (Å²) in [6, 6.07) is 0. The molecule has 0 bridgehead atoms. The predicted octanol–water partition coefficient (Wildman–Crippen LogP) is 1.11. The smallest absolute Gasteiger partial charge is 0.245 e. The van der Waals surface area contributed by atoms with E-state index in [9.17, 15) is 9.59 Å². The van der Waals surface area contributed by atoms with Crippen molar-refractivity contribution in [2.24, 2.45) is 5.92 Å². The predicted molar refractivity (Wildman–Crippen MR) is 86.5 cm³/mol. The maximum Gasteiger partial charge on any atom is 0.245 e. The van der Waals surface area contributed by atoms with E-state index in [4.69, 9.17) is 16.3 Å². The van der Waals surface area contributed by atoms with Crippen LogP contribution in [0.25, 0.3) is 0 Å². The third-order valence-corrected chi connectivity index (χ3v) is 2.92. The molecule has 1 heterocycles. The molecule has 0 radical (unpaired) electrons. The minimum Gasteiger partial charge on any atom is -0.400 e. The number of aliphatic hydroxyl groups excluding tert-OH is 1. The van der Waals surface area contributed by atoms with Crippen LogP contribution in [0, 0.1) is 18.3 Å². The third-order valence-electron chi connectivity index (χ3n) is 2.92. The molecule has 0 spiro atoms. The number of rotatable bonds is 5. The van der Waals surface area contributed by atoms with Gasteiger partial charge in [-0.15, -0.1) is 6.42 Å². The van der Waals surface area contributed by atoms with Crippen LogP contribution in [0.1, 0.15) is 33.6 Å². The Kier molecular flexibility index (Phi) is 14.4. The summed E-state index contributed by atoms with van der Waals surface area (Å²) in [6.45, 7) is 6.01. The Balaban J connectivity index is 0. The topological polar surface area (TPSA) is 78.9 Å². The van der Waals surface area contributed by atoms with Gasteiger partial charge < -0.3 is 15.2 Å². The van der Waals surface area contributed by atoms with Crippen LogP contribution in [0.2, 0.25) is 0 Å². The van der Waals surface area contributed by atoms with Crippen LogP contribution >= 0.6 is 0 Å². The first-order chi connectivity index (χ1) is 10.7. The van der Waals surface area contributed by atoms with E-state index in [1.54, 1.807) is 0 Å². The largest absolute Gasteiger partial charge is 0.400 e. The normalized spacial score (nSPS) is 22.5. The first-order valence-corrected chi connectivity index (χ1v) is 7.35. The number of hydrogen-bond donors (Lipinski definition) is 2. The Hall–Kier alpha value is -1.84. The number of likely N-dealkylation sites (N-methyl/N-ethyl adjacent to an activating group) is 1. The molecule has 2 amide bonds. The molecule has 1 fully saturated rings. The fraction of sp³-hybridized carbons (Fsp3) is 0.625. The highest BCUT2D eigenvalue weighted by molar-refractivity contribution is 5.87. The molecule has 1 saturated heterocycles. The molecule has 0 aliphatic carbocycles. The van der Waals surface area contributed by atoms with Gasteiger partial charge in [-0.3, -0.25) is 14.5 Å². The molecular formula is C16H28N2O4. The molecule has 0 saturated carbocycles. The van der Waals surface area contributed by atoms with Crippen LogP contribution in [-0.4, -0.2) is 48.8 Å². The Morgan fingerprint density at radius 2 is 2.09 bits per heavy atom. The Morgan fingerprint density at radius 3 is 2.50 bits per heavy atom. The van der Waals surface area contributed by atoms with Crippen molar-refractivity contribution in [3.8, 4) is 12.3 Å². The van der Waals surface area contributed by atoms with E-state index in [-0.39, 0.29) is 17.9 Å². The Morgan fingerprint density at radius 1 is 1.50 bits per heavy atom. The molecule has 1 rings (SSSR count). The van der Waals surface area contributed by atoms with Crippen molar-refractivity contribution >= 4 is 12.3 Å². The van der Waals surface area contributed by atoms with Crippen molar-refractivity contribution in [2.45, 2.75) is 45.9 Å². The average molecular weight is 312 g/mol. The lowest BCUT2D eigenvalue weighted by Crippen LogP contribution is -2.34. The highest BCUT2D eigenvalue weighted by Crippen LogP contribution is 2.29. The van der Waals surface area contributed by atoms with Gasteiger partial charge in [0.25, 0.3) is 0 Å². The molecule has 1 aliphatic heterocycles. The van der Waals surface area contributed by atoms with Crippen molar-refractivity contribution in [2.75, 3.05) is 14.2 Å². The van der Waals surface area contributed by atoms with Gasteiger partial charge in [-0.25, -0.2) is 0 Å². The number of carbonyl (C=O) groups excluding carboxylic acids is 2. The minimum atomic E-state index is -0.488. The molecule has 0 aromatic rings. The summed E-state index contributed by atoms with van der Waals surface area (Å²) in [5, 5.41) is 9.43.